The predicted molar refractivity (Wildman–Crippen MR) is 73.9 cm³/mol. The van der Waals surface area contributed by atoms with Gasteiger partial charge in [-0.3, -0.25) is 9.59 Å². The summed E-state index contributed by atoms with van der Waals surface area (Å²) >= 11 is 0. The Morgan fingerprint density at radius 2 is 1.71 bits per heavy atom. The smallest absolute Gasteiger partial charge is 0.313 e. The van der Waals surface area contributed by atoms with Gasteiger partial charge in [-0.15, -0.1) is 0 Å². The van der Waals surface area contributed by atoms with Gasteiger partial charge in [-0.25, -0.2) is 4.39 Å². The van der Waals surface area contributed by atoms with Gasteiger partial charge in [0.05, 0.1) is 7.11 Å². The summed E-state index contributed by atoms with van der Waals surface area (Å²) in [6.07, 6.45) is -0.315. The number of halogens is 1. The summed E-state index contributed by atoms with van der Waals surface area (Å²) in [6.45, 7) is 0. The van der Waals surface area contributed by atoms with Crippen LogP contribution in [0.15, 0.2) is 48.5 Å². The monoisotopic (exact) mass is 288 g/mol. The lowest BCUT2D eigenvalue weighted by Gasteiger charge is -2.07. The van der Waals surface area contributed by atoms with Crippen LogP contribution < -0.4 is 4.74 Å². The second-order valence-electron chi connectivity index (χ2n) is 4.23. The van der Waals surface area contributed by atoms with E-state index in [-0.39, 0.29) is 18.0 Å². The van der Waals surface area contributed by atoms with Gasteiger partial charge in [0.25, 0.3) is 0 Å². The molecule has 0 amide bonds. The highest BCUT2D eigenvalue weighted by Gasteiger charge is 2.12. The Morgan fingerprint density at radius 1 is 1.05 bits per heavy atom. The number of benzene rings is 2. The first-order chi connectivity index (χ1) is 10.1. The average molecular weight is 288 g/mol. The molecule has 5 heteroatoms. The third-order valence-corrected chi connectivity index (χ3v) is 2.77. The summed E-state index contributed by atoms with van der Waals surface area (Å²) in [6, 6.07) is 12.1. The number of carbonyl (C=O) groups excluding carboxylic acids is 2. The lowest BCUT2D eigenvalue weighted by atomic mass is 10.1. The second-order valence-corrected chi connectivity index (χ2v) is 4.23. The molecule has 0 radical (unpaired) electrons. The Hall–Kier alpha value is -2.69. The maximum atomic E-state index is 13.4. The number of rotatable bonds is 5. The summed E-state index contributed by atoms with van der Waals surface area (Å²) in [5.41, 5.74) is 0.362. The molecule has 0 spiro atoms. The Labute approximate surface area is 121 Å². The number of para-hydroxylation sites is 1. The van der Waals surface area contributed by atoms with E-state index in [2.05, 4.69) is 4.74 Å². The van der Waals surface area contributed by atoms with Crippen molar-refractivity contribution in [1.29, 1.82) is 0 Å². The first-order valence-electron chi connectivity index (χ1n) is 6.22. The van der Waals surface area contributed by atoms with E-state index in [0.29, 0.717) is 11.3 Å². The zero-order valence-corrected chi connectivity index (χ0v) is 11.3. The highest BCUT2D eigenvalue weighted by Crippen LogP contribution is 2.24. The van der Waals surface area contributed by atoms with Crippen LogP contribution in [0, 0.1) is 5.82 Å². The van der Waals surface area contributed by atoms with Crippen molar-refractivity contribution < 1.29 is 23.5 Å². The quantitative estimate of drug-likeness (QED) is 0.481. The van der Waals surface area contributed by atoms with Crippen molar-refractivity contribution in [3.05, 3.63) is 59.9 Å². The van der Waals surface area contributed by atoms with E-state index < -0.39 is 11.8 Å². The normalized spacial score (nSPS) is 10.0. The molecule has 0 saturated heterocycles. The molecule has 0 aliphatic carbocycles. The zero-order valence-electron chi connectivity index (χ0n) is 11.3. The number of ether oxygens (including phenoxy) is 2. The second kappa shape index (κ2) is 6.65. The van der Waals surface area contributed by atoms with Crippen LogP contribution in [0.25, 0.3) is 0 Å². The standard InChI is InChI=1S/C16H13FO4/c1-20-16(19)10-14(18)11-6-8-12(9-7-11)21-15-5-3-2-4-13(15)17/h2-9H,10H2,1H3. The molecule has 21 heavy (non-hydrogen) atoms. The maximum absolute atomic E-state index is 13.4. The first kappa shape index (κ1) is 14.7. The molecule has 0 aromatic heterocycles. The fourth-order valence-corrected chi connectivity index (χ4v) is 1.67. The van der Waals surface area contributed by atoms with E-state index in [1.807, 2.05) is 0 Å². The minimum atomic E-state index is -0.591. The van der Waals surface area contributed by atoms with Gasteiger partial charge in [0.1, 0.15) is 12.2 Å². The summed E-state index contributed by atoms with van der Waals surface area (Å²) in [4.78, 5) is 22.8. The molecule has 0 N–H and O–H groups in total. The van der Waals surface area contributed by atoms with Crippen molar-refractivity contribution in [1.82, 2.24) is 0 Å². The number of methoxy groups -OCH3 is 1. The van der Waals surface area contributed by atoms with Gasteiger partial charge in [0.2, 0.25) is 0 Å². The van der Waals surface area contributed by atoms with Crippen LogP contribution in [0.4, 0.5) is 4.39 Å². The maximum Gasteiger partial charge on any atom is 0.313 e. The van der Waals surface area contributed by atoms with E-state index in [9.17, 15) is 14.0 Å². The molecular formula is C16H13FO4. The number of ketones is 1. The van der Waals surface area contributed by atoms with Gasteiger partial charge >= 0.3 is 5.97 Å². The minimum Gasteiger partial charge on any atom is -0.469 e. The van der Waals surface area contributed by atoms with Crippen molar-refractivity contribution in [2.24, 2.45) is 0 Å². The molecule has 2 aromatic carbocycles. The van der Waals surface area contributed by atoms with E-state index in [1.165, 1.54) is 43.5 Å². The van der Waals surface area contributed by atoms with Crippen LogP contribution in [-0.2, 0) is 9.53 Å². The fraction of sp³-hybridized carbons (Fsp3) is 0.125. The van der Waals surface area contributed by atoms with Gasteiger partial charge in [-0.05, 0) is 36.4 Å². The number of Topliss-reactive ketones (excluding diaryl/α,β-unsaturated/α-hetero) is 1. The van der Waals surface area contributed by atoms with E-state index in [4.69, 9.17) is 4.74 Å². The van der Waals surface area contributed by atoms with E-state index >= 15 is 0 Å². The van der Waals surface area contributed by atoms with Crippen LogP contribution in [0.5, 0.6) is 11.5 Å². The number of hydrogen-bond donors (Lipinski definition) is 0. The average Bonchev–Trinajstić information content (AvgIpc) is 2.50. The zero-order chi connectivity index (χ0) is 15.2. The SMILES string of the molecule is COC(=O)CC(=O)c1ccc(Oc2ccccc2F)cc1. The number of carbonyl (C=O) groups is 2. The van der Waals surface area contributed by atoms with Gasteiger partial charge in [0, 0.05) is 5.56 Å². The van der Waals surface area contributed by atoms with Crippen molar-refractivity contribution in [2.45, 2.75) is 6.42 Å². The first-order valence-corrected chi connectivity index (χ1v) is 6.22. The molecule has 0 bridgehead atoms. The number of hydrogen-bond acceptors (Lipinski definition) is 4. The Morgan fingerprint density at radius 3 is 2.33 bits per heavy atom. The van der Waals surface area contributed by atoms with E-state index in [0.717, 1.165) is 0 Å². The molecule has 2 rings (SSSR count). The molecule has 2 aromatic rings. The predicted octanol–water partition coefficient (Wildman–Crippen LogP) is 3.36. The third-order valence-electron chi connectivity index (χ3n) is 2.77. The highest BCUT2D eigenvalue weighted by molar-refractivity contribution is 6.05. The molecule has 4 nitrogen and oxygen atoms in total. The van der Waals surface area contributed by atoms with Crippen molar-refractivity contribution >= 4 is 11.8 Å². The fourth-order valence-electron chi connectivity index (χ4n) is 1.67. The van der Waals surface area contributed by atoms with Gasteiger partial charge < -0.3 is 9.47 Å². The van der Waals surface area contributed by atoms with Crippen LogP contribution in [0.3, 0.4) is 0 Å². The molecule has 0 fully saturated rings. The summed E-state index contributed by atoms with van der Waals surface area (Å²) in [5.74, 6) is -0.907. The molecule has 0 aliphatic rings. The summed E-state index contributed by atoms with van der Waals surface area (Å²) < 4.78 is 23.2. The summed E-state index contributed by atoms with van der Waals surface area (Å²) in [5, 5.41) is 0. The van der Waals surface area contributed by atoms with E-state index in [1.54, 1.807) is 12.1 Å². The van der Waals surface area contributed by atoms with Gasteiger partial charge in [0.15, 0.2) is 17.3 Å². The highest BCUT2D eigenvalue weighted by atomic mass is 19.1. The minimum absolute atomic E-state index is 0.103. The molecule has 0 atom stereocenters. The lowest BCUT2D eigenvalue weighted by molar-refractivity contribution is -0.139. The van der Waals surface area contributed by atoms with Gasteiger partial charge in [-0.1, -0.05) is 12.1 Å². The molecule has 0 aliphatic heterocycles. The van der Waals surface area contributed by atoms with Gasteiger partial charge in [-0.2, -0.15) is 0 Å². The Bertz CT molecular complexity index is 650. The Kier molecular flexibility index (Phi) is 4.66. The molecule has 108 valence electrons. The van der Waals surface area contributed by atoms with Crippen molar-refractivity contribution in [2.75, 3.05) is 7.11 Å². The van der Waals surface area contributed by atoms with Crippen molar-refractivity contribution in [3.8, 4) is 11.5 Å². The molecule has 0 heterocycles. The summed E-state index contributed by atoms with van der Waals surface area (Å²) in [7, 11) is 1.22. The van der Waals surface area contributed by atoms with Crippen LogP contribution in [0.2, 0.25) is 0 Å². The molecule has 0 unspecified atom stereocenters. The largest absolute Gasteiger partial charge is 0.469 e. The topological polar surface area (TPSA) is 52.6 Å². The Balaban J connectivity index is 2.07. The molecular weight excluding hydrogens is 275 g/mol. The third kappa shape index (κ3) is 3.89. The van der Waals surface area contributed by atoms with Crippen LogP contribution in [-0.4, -0.2) is 18.9 Å². The van der Waals surface area contributed by atoms with Crippen LogP contribution in [0.1, 0.15) is 16.8 Å². The lowest BCUT2D eigenvalue weighted by Crippen LogP contribution is -2.09. The number of esters is 1. The molecule has 0 saturated carbocycles. The van der Waals surface area contributed by atoms with Crippen LogP contribution >= 0.6 is 0 Å². The van der Waals surface area contributed by atoms with Crippen molar-refractivity contribution in [3.63, 3.8) is 0 Å².